The van der Waals surface area contributed by atoms with Crippen molar-refractivity contribution >= 4 is 0 Å². The molecule has 1 aromatic carbocycles. The van der Waals surface area contributed by atoms with E-state index < -0.39 is 6.10 Å². The highest BCUT2D eigenvalue weighted by Crippen LogP contribution is 2.42. The minimum Gasteiger partial charge on any atom is -0.490 e. The quantitative estimate of drug-likeness (QED) is 0.920. The molecule has 0 amide bonds. The topological polar surface area (TPSA) is 47.9 Å². The van der Waals surface area contributed by atoms with Gasteiger partial charge in [-0.25, -0.2) is 0 Å². The van der Waals surface area contributed by atoms with Crippen molar-refractivity contribution in [1.82, 2.24) is 0 Å². The Kier molecular flexibility index (Phi) is 3.85. The molecule has 1 saturated carbocycles. The minimum absolute atomic E-state index is 0.135. The van der Waals surface area contributed by atoms with Gasteiger partial charge in [-0.3, -0.25) is 0 Å². The fourth-order valence-corrected chi connectivity index (χ4v) is 2.92. The number of hydrogen-bond donors (Lipinski definition) is 1. The smallest absolute Gasteiger partial charge is 0.161 e. The van der Waals surface area contributed by atoms with Gasteiger partial charge in [0.25, 0.3) is 0 Å². The third-order valence-electron chi connectivity index (χ3n) is 4.42. The summed E-state index contributed by atoms with van der Waals surface area (Å²) < 4.78 is 16.9. The van der Waals surface area contributed by atoms with E-state index in [1.165, 1.54) is 6.42 Å². The highest BCUT2D eigenvalue weighted by Gasteiger charge is 2.39. The fraction of sp³-hybridized carbons (Fsp3) is 0.625. The number of benzene rings is 1. The molecule has 1 fully saturated rings. The molecule has 1 aliphatic carbocycles. The summed E-state index contributed by atoms with van der Waals surface area (Å²) in [5, 5.41) is 10.4. The summed E-state index contributed by atoms with van der Waals surface area (Å²) in [6.45, 7) is 1.34. The Morgan fingerprint density at radius 2 is 1.95 bits per heavy atom. The van der Waals surface area contributed by atoms with Crippen LogP contribution in [0.25, 0.3) is 0 Å². The molecule has 0 bridgehead atoms. The maximum Gasteiger partial charge on any atom is 0.161 e. The second-order valence-corrected chi connectivity index (χ2v) is 5.72. The Balaban J connectivity index is 1.74. The molecule has 0 radical (unpaired) electrons. The lowest BCUT2D eigenvalue weighted by Crippen LogP contribution is -2.40. The molecule has 2 aliphatic rings. The Morgan fingerprint density at radius 1 is 1.20 bits per heavy atom. The van der Waals surface area contributed by atoms with Crippen LogP contribution in [0.4, 0.5) is 0 Å². The molecular weight excluding hydrogens is 256 g/mol. The lowest BCUT2D eigenvalue weighted by atomic mass is 9.75. The van der Waals surface area contributed by atoms with Crippen molar-refractivity contribution < 1.29 is 19.3 Å². The van der Waals surface area contributed by atoms with Gasteiger partial charge in [0.2, 0.25) is 0 Å². The highest BCUT2D eigenvalue weighted by atomic mass is 16.5. The summed E-state index contributed by atoms with van der Waals surface area (Å²) >= 11 is 0. The van der Waals surface area contributed by atoms with E-state index in [2.05, 4.69) is 0 Å². The molecule has 0 saturated heterocycles. The van der Waals surface area contributed by atoms with E-state index in [-0.39, 0.29) is 5.60 Å². The summed E-state index contributed by atoms with van der Waals surface area (Å²) in [7, 11) is 1.74. The summed E-state index contributed by atoms with van der Waals surface area (Å²) in [6, 6.07) is 5.70. The van der Waals surface area contributed by atoms with Gasteiger partial charge in [-0.1, -0.05) is 6.07 Å². The number of aliphatic hydroxyl groups excluding tert-OH is 1. The average Bonchev–Trinajstić information content (AvgIpc) is 2.67. The number of rotatable bonds is 4. The van der Waals surface area contributed by atoms with Crippen LogP contribution in [0.15, 0.2) is 18.2 Å². The molecule has 1 unspecified atom stereocenters. The van der Waals surface area contributed by atoms with Crippen LogP contribution in [-0.2, 0) is 4.74 Å². The monoisotopic (exact) mass is 278 g/mol. The van der Waals surface area contributed by atoms with Gasteiger partial charge in [-0.15, -0.1) is 0 Å². The van der Waals surface area contributed by atoms with Crippen LogP contribution < -0.4 is 9.47 Å². The van der Waals surface area contributed by atoms with E-state index in [0.29, 0.717) is 19.6 Å². The van der Waals surface area contributed by atoms with Crippen LogP contribution in [0.3, 0.4) is 0 Å². The molecule has 0 aromatic heterocycles. The first-order valence-electron chi connectivity index (χ1n) is 7.35. The Hall–Kier alpha value is -1.26. The maximum atomic E-state index is 10.4. The van der Waals surface area contributed by atoms with Gasteiger partial charge >= 0.3 is 0 Å². The molecule has 20 heavy (non-hydrogen) atoms. The molecule has 3 rings (SSSR count). The lowest BCUT2D eigenvalue weighted by Gasteiger charge is -2.41. The standard InChI is InChI=1S/C16H22O4/c1-18-16(6-2-7-16)11-13(17)12-4-5-14-15(10-12)20-9-3-8-19-14/h4-5,10,13,17H,2-3,6-9,11H2,1H3. The Bertz CT molecular complexity index is 462. The molecule has 1 atom stereocenters. The lowest BCUT2D eigenvalue weighted by molar-refractivity contribution is -0.0999. The van der Waals surface area contributed by atoms with E-state index >= 15 is 0 Å². The Morgan fingerprint density at radius 3 is 2.60 bits per heavy atom. The molecule has 4 heteroatoms. The van der Waals surface area contributed by atoms with Crippen molar-refractivity contribution in [2.24, 2.45) is 0 Å². The van der Waals surface area contributed by atoms with Crippen molar-refractivity contribution in [3.05, 3.63) is 23.8 Å². The molecular formula is C16H22O4. The third kappa shape index (κ3) is 2.63. The average molecular weight is 278 g/mol. The van der Waals surface area contributed by atoms with Crippen LogP contribution >= 0.6 is 0 Å². The van der Waals surface area contributed by atoms with Gasteiger partial charge in [0.1, 0.15) is 0 Å². The van der Waals surface area contributed by atoms with E-state index in [0.717, 1.165) is 36.3 Å². The minimum atomic E-state index is -0.521. The van der Waals surface area contributed by atoms with Crippen LogP contribution in [0.2, 0.25) is 0 Å². The normalized spacial score (nSPS) is 21.7. The van der Waals surface area contributed by atoms with Gasteiger partial charge in [-0.2, -0.15) is 0 Å². The van der Waals surface area contributed by atoms with Gasteiger partial charge in [-0.05, 0) is 37.0 Å². The molecule has 1 aromatic rings. The summed E-state index contributed by atoms with van der Waals surface area (Å²) in [4.78, 5) is 0. The number of methoxy groups -OCH3 is 1. The summed E-state index contributed by atoms with van der Waals surface area (Å²) in [5.41, 5.74) is 0.737. The number of aliphatic hydroxyl groups is 1. The predicted molar refractivity (Wildman–Crippen MR) is 75.2 cm³/mol. The number of hydrogen-bond acceptors (Lipinski definition) is 4. The Labute approximate surface area is 119 Å². The first-order valence-corrected chi connectivity index (χ1v) is 7.35. The van der Waals surface area contributed by atoms with Crippen molar-refractivity contribution in [2.75, 3.05) is 20.3 Å². The van der Waals surface area contributed by atoms with Crippen molar-refractivity contribution in [1.29, 1.82) is 0 Å². The van der Waals surface area contributed by atoms with Crippen LogP contribution in [0.1, 0.15) is 43.8 Å². The van der Waals surface area contributed by atoms with Crippen molar-refractivity contribution in [3.8, 4) is 11.5 Å². The SMILES string of the molecule is COC1(CC(O)c2ccc3c(c2)OCCCO3)CCC1. The molecule has 1 N–H and O–H groups in total. The van der Waals surface area contributed by atoms with Crippen LogP contribution in [-0.4, -0.2) is 31.0 Å². The second-order valence-electron chi connectivity index (χ2n) is 5.72. The molecule has 1 aliphatic heterocycles. The van der Waals surface area contributed by atoms with E-state index in [9.17, 15) is 5.11 Å². The van der Waals surface area contributed by atoms with E-state index in [4.69, 9.17) is 14.2 Å². The molecule has 110 valence electrons. The van der Waals surface area contributed by atoms with Crippen LogP contribution in [0.5, 0.6) is 11.5 Å². The third-order valence-corrected chi connectivity index (χ3v) is 4.42. The maximum absolute atomic E-state index is 10.4. The molecule has 1 heterocycles. The van der Waals surface area contributed by atoms with E-state index in [1.54, 1.807) is 7.11 Å². The van der Waals surface area contributed by atoms with Gasteiger partial charge in [0.05, 0.1) is 24.9 Å². The van der Waals surface area contributed by atoms with Gasteiger partial charge in [0.15, 0.2) is 11.5 Å². The van der Waals surface area contributed by atoms with Crippen molar-refractivity contribution in [2.45, 2.75) is 43.8 Å². The first-order chi connectivity index (χ1) is 9.72. The molecule has 4 nitrogen and oxygen atoms in total. The predicted octanol–water partition coefficient (Wildman–Crippen LogP) is 2.84. The zero-order valence-corrected chi connectivity index (χ0v) is 11.9. The highest BCUT2D eigenvalue weighted by molar-refractivity contribution is 5.44. The van der Waals surface area contributed by atoms with Crippen LogP contribution in [0, 0.1) is 0 Å². The fourth-order valence-electron chi connectivity index (χ4n) is 2.92. The summed E-state index contributed by atoms with van der Waals surface area (Å²) in [5.74, 6) is 1.50. The van der Waals surface area contributed by atoms with Gasteiger partial charge in [0, 0.05) is 20.0 Å². The number of ether oxygens (including phenoxy) is 3. The zero-order valence-electron chi connectivity index (χ0n) is 11.9. The summed E-state index contributed by atoms with van der Waals surface area (Å²) in [6.07, 6.45) is 4.26. The molecule has 0 spiro atoms. The zero-order chi connectivity index (χ0) is 14.0. The largest absolute Gasteiger partial charge is 0.490 e. The number of fused-ring (bicyclic) bond motifs is 1. The van der Waals surface area contributed by atoms with Crippen molar-refractivity contribution in [3.63, 3.8) is 0 Å². The van der Waals surface area contributed by atoms with E-state index in [1.807, 2.05) is 18.2 Å². The van der Waals surface area contributed by atoms with Gasteiger partial charge < -0.3 is 19.3 Å². The second kappa shape index (κ2) is 5.62. The first kappa shape index (κ1) is 13.7.